The van der Waals surface area contributed by atoms with Crippen LogP contribution in [0.25, 0.3) is 0 Å². The fraction of sp³-hybridized carbons (Fsp3) is 0.583. The van der Waals surface area contributed by atoms with Crippen molar-refractivity contribution in [1.29, 1.82) is 0 Å². The minimum Gasteiger partial charge on any atom is -0.368 e. The van der Waals surface area contributed by atoms with Crippen LogP contribution in [0.3, 0.4) is 0 Å². The monoisotopic (exact) mass is 251 g/mol. The molecule has 1 aromatic heterocycles. The van der Waals surface area contributed by atoms with Crippen molar-refractivity contribution >= 4 is 17.7 Å². The molecule has 0 aliphatic heterocycles. The van der Waals surface area contributed by atoms with Crippen molar-refractivity contribution in [2.75, 3.05) is 11.1 Å². The fourth-order valence-electron chi connectivity index (χ4n) is 1.78. The number of hydrogen-bond acceptors (Lipinski definition) is 5. The minimum atomic E-state index is -0.568. The first-order chi connectivity index (χ1) is 8.25. The first-order valence-electron chi connectivity index (χ1n) is 5.94. The summed E-state index contributed by atoms with van der Waals surface area (Å²) in [5, 5.41) is 3.23. The zero-order valence-corrected chi connectivity index (χ0v) is 11.3. The van der Waals surface area contributed by atoms with Gasteiger partial charge < -0.3 is 16.8 Å². The number of anilines is 2. The number of carbonyl (C=O) groups is 1. The van der Waals surface area contributed by atoms with E-state index in [-0.39, 0.29) is 23.0 Å². The third-order valence-corrected chi connectivity index (χ3v) is 2.84. The summed E-state index contributed by atoms with van der Waals surface area (Å²) in [7, 11) is 0. The number of hydrogen-bond donors (Lipinski definition) is 3. The van der Waals surface area contributed by atoms with E-state index in [2.05, 4.69) is 43.0 Å². The maximum Gasteiger partial charge on any atom is 0.254 e. The van der Waals surface area contributed by atoms with Crippen LogP contribution in [-0.2, 0) is 0 Å². The summed E-state index contributed by atoms with van der Waals surface area (Å²) in [6.07, 6.45) is 2.24. The van der Waals surface area contributed by atoms with E-state index >= 15 is 0 Å². The molecule has 0 spiro atoms. The molecular weight excluding hydrogens is 230 g/mol. The molecule has 0 saturated carbocycles. The normalized spacial score (nSPS) is 13.1. The number of aromatic nitrogens is 2. The van der Waals surface area contributed by atoms with Crippen LogP contribution < -0.4 is 16.8 Å². The topological polar surface area (TPSA) is 107 Å². The molecule has 0 aliphatic rings. The molecule has 1 heterocycles. The number of amides is 1. The number of nitrogen functional groups attached to an aromatic ring is 1. The van der Waals surface area contributed by atoms with Crippen LogP contribution in [0.1, 0.15) is 44.5 Å². The fourth-order valence-corrected chi connectivity index (χ4v) is 1.78. The lowest BCUT2D eigenvalue weighted by molar-refractivity contribution is 0.100. The number of rotatable bonds is 4. The van der Waals surface area contributed by atoms with Gasteiger partial charge in [-0.05, 0) is 11.8 Å². The Balaban J connectivity index is 3.09. The molecule has 0 saturated heterocycles. The molecule has 1 atom stereocenters. The molecule has 0 fully saturated rings. The van der Waals surface area contributed by atoms with E-state index in [1.807, 2.05) is 0 Å². The highest BCUT2D eigenvalue weighted by Gasteiger charge is 2.24. The molecule has 100 valence electrons. The lowest BCUT2D eigenvalue weighted by Gasteiger charge is -2.31. The summed E-state index contributed by atoms with van der Waals surface area (Å²) in [6, 6.07) is 0.157. The van der Waals surface area contributed by atoms with Crippen molar-refractivity contribution in [2.45, 2.75) is 40.2 Å². The summed E-state index contributed by atoms with van der Waals surface area (Å²) in [5.41, 5.74) is 11.1. The Morgan fingerprint density at radius 2 is 2.11 bits per heavy atom. The van der Waals surface area contributed by atoms with Gasteiger partial charge in [0.25, 0.3) is 5.91 Å². The van der Waals surface area contributed by atoms with Gasteiger partial charge in [0.15, 0.2) is 0 Å². The van der Waals surface area contributed by atoms with E-state index in [1.54, 1.807) is 0 Å². The number of carbonyl (C=O) groups excluding carboxylic acids is 1. The van der Waals surface area contributed by atoms with Gasteiger partial charge in [0, 0.05) is 12.2 Å². The lowest BCUT2D eigenvalue weighted by atomic mass is 9.85. The highest BCUT2D eigenvalue weighted by Crippen LogP contribution is 2.26. The second kappa shape index (κ2) is 5.20. The largest absolute Gasteiger partial charge is 0.368 e. The molecule has 0 aliphatic carbocycles. The molecule has 1 amide bonds. The number of nitrogens with zero attached hydrogens (tertiary/aromatic N) is 2. The molecule has 0 aromatic carbocycles. The van der Waals surface area contributed by atoms with Crippen molar-refractivity contribution < 1.29 is 4.79 Å². The Hall–Kier alpha value is -1.85. The lowest BCUT2D eigenvalue weighted by Crippen LogP contribution is -2.34. The Kier molecular flexibility index (Phi) is 4.11. The summed E-state index contributed by atoms with van der Waals surface area (Å²) in [4.78, 5) is 19.1. The minimum absolute atomic E-state index is 0.0311. The van der Waals surface area contributed by atoms with Gasteiger partial charge in [0.1, 0.15) is 5.82 Å². The summed E-state index contributed by atoms with van der Waals surface area (Å²) in [6.45, 7) is 8.41. The maximum absolute atomic E-state index is 11.3. The van der Waals surface area contributed by atoms with E-state index in [0.717, 1.165) is 6.42 Å². The molecule has 0 radical (unpaired) electrons. The van der Waals surface area contributed by atoms with Crippen molar-refractivity contribution in [1.82, 2.24) is 9.97 Å². The second-order valence-corrected chi connectivity index (χ2v) is 5.33. The summed E-state index contributed by atoms with van der Waals surface area (Å²) >= 11 is 0. The molecule has 5 N–H and O–H groups in total. The van der Waals surface area contributed by atoms with Crippen LogP contribution in [0.4, 0.5) is 11.8 Å². The number of primary amides is 1. The van der Waals surface area contributed by atoms with Crippen molar-refractivity contribution in [3.8, 4) is 0 Å². The van der Waals surface area contributed by atoms with E-state index in [0.29, 0.717) is 5.82 Å². The number of nitrogens with two attached hydrogens (primary N) is 2. The predicted octanol–water partition coefficient (Wildman–Crippen LogP) is 1.39. The molecular formula is C12H21N5O. The van der Waals surface area contributed by atoms with Crippen LogP contribution in [-0.4, -0.2) is 21.9 Å². The van der Waals surface area contributed by atoms with Crippen molar-refractivity contribution in [3.63, 3.8) is 0 Å². The van der Waals surface area contributed by atoms with Gasteiger partial charge in [-0.25, -0.2) is 4.98 Å². The molecule has 18 heavy (non-hydrogen) atoms. The van der Waals surface area contributed by atoms with Gasteiger partial charge in [-0.15, -0.1) is 0 Å². The van der Waals surface area contributed by atoms with Crippen LogP contribution in [0.5, 0.6) is 0 Å². The number of nitrogens with one attached hydrogen (secondary N) is 1. The van der Waals surface area contributed by atoms with Crippen LogP contribution in [0, 0.1) is 5.41 Å². The van der Waals surface area contributed by atoms with Gasteiger partial charge in [-0.2, -0.15) is 4.98 Å². The van der Waals surface area contributed by atoms with Gasteiger partial charge in [0.05, 0.1) is 5.56 Å². The summed E-state index contributed by atoms with van der Waals surface area (Å²) < 4.78 is 0. The third kappa shape index (κ3) is 3.32. The van der Waals surface area contributed by atoms with Crippen LogP contribution >= 0.6 is 0 Å². The molecule has 0 bridgehead atoms. The van der Waals surface area contributed by atoms with Gasteiger partial charge in [-0.3, -0.25) is 4.79 Å². The van der Waals surface area contributed by atoms with Crippen molar-refractivity contribution in [3.05, 3.63) is 11.8 Å². The van der Waals surface area contributed by atoms with Crippen LogP contribution in [0.15, 0.2) is 6.20 Å². The molecule has 1 rings (SSSR count). The maximum atomic E-state index is 11.3. The zero-order chi connectivity index (χ0) is 13.9. The highest BCUT2D eigenvalue weighted by molar-refractivity contribution is 5.97. The predicted molar refractivity (Wildman–Crippen MR) is 72.1 cm³/mol. The standard InChI is InChI=1S/C12H21N5O/c1-5-8(12(2,3)4)16-10-7(9(13)18)6-15-11(14)17-10/h6,8H,5H2,1-4H3,(H2,13,18)(H3,14,15,16,17)/t8-/m1/s1. The van der Waals surface area contributed by atoms with E-state index < -0.39 is 5.91 Å². The first kappa shape index (κ1) is 14.2. The van der Waals surface area contributed by atoms with E-state index in [1.165, 1.54) is 6.20 Å². The van der Waals surface area contributed by atoms with Gasteiger partial charge in [-0.1, -0.05) is 27.7 Å². The van der Waals surface area contributed by atoms with E-state index in [4.69, 9.17) is 11.5 Å². The molecule has 6 nitrogen and oxygen atoms in total. The first-order valence-corrected chi connectivity index (χ1v) is 5.94. The SMILES string of the molecule is CC[C@@H](Nc1nc(N)ncc1C(N)=O)C(C)(C)C. The molecule has 1 aromatic rings. The Morgan fingerprint density at radius 3 is 2.56 bits per heavy atom. The van der Waals surface area contributed by atoms with E-state index in [9.17, 15) is 4.79 Å². The Labute approximate surface area is 107 Å². The third-order valence-electron chi connectivity index (χ3n) is 2.84. The zero-order valence-electron chi connectivity index (χ0n) is 11.3. The average Bonchev–Trinajstić information content (AvgIpc) is 2.23. The Morgan fingerprint density at radius 1 is 1.50 bits per heavy atom. The quantitative estimate of drug-likeness (QED) is 0.749. The average molecular weight is 251 g/mol. The van der Waals surface area contributed by atoms with Crippen molar-refractivity contribution in [2.24, 2.45) is 11.1 Å². The van der Waals surface area contributed by atoms with Gasteiger partial charge >= 0.3 is 0 Å². The van der Waals surface area contributed by atoms with Crippen LogP contribution in [0.2, 0.25) is 0 Å². The second-order valence-electron chi connectivity index (χ2n) is 5.33. The Bertz CT molecular complexity index is 439. The molecule has 6 heteroatoms. The smallest absolute Gasteiger partial charge is 0.254 e. The summed E-state index contributed by atoms with van der Waals surface area (Å²) in [5.74, 6) is -0.0516. The molecule has 0 unspecified atom stereocenters. The highest BCUT2D eigenvalue weighted by atomic mass is 16.1. The van der Waals surface area contributed by atoms with Gasteiger partial charge in [0.2, 0.25) is 5.95 Å².